The van der Waals surface area contributed by atoms with E-state index in [1.165, 1.54) is 27.5 Å². The number of benzene rings is 3. The number of hydrogen-bond acceptors (Lipinski definition) is 1. The summed E-state index contributed by atoms with van der Waals surface area (Å²) in [6.07, 6.45) is 0.316. The van der Waals surface area contributed by atoms with E-state index in [0.29, 0.717) is 6.42 Å². The molecule has 1 aliphatic rings. The van der Waals surface area contributed by atoms with Crippen LogP contribution in [0.25, 0.3) is 21.9 Å². The van der Waals surface area contributed by atoms with Crippen molar-refractivity contribution in [1.82, 2.24) is 0 Å². The molecule has 0 aromatic heterocycles. The summed E-state index contributed by atoms with van der Waals surface area (Å²) >= 11 is 0. The molecule has 3 aromatic rings. The Bertz CT molecular complexity index is 773. The number of rotatable bonds is 0. The van der Waals surface area contributed by atoms with Crippen molar-refractivity contribution in [3.63, 3.8) is 0 Å². The lowest BCUT2D eigenvalue weighted by Gasteiger charge is -2.25. The Morgan fingerprint density at radius 3 is 2.58 bits per heavy atom. The molecule has 1 nitrogen and oxygen atoms in total. The Kier molecular flexibility index (Phi) is 2.23. The van der Waals surface area contributed by atoms with E-state index >= 15 is 0 Å². The molecule has 1 unspecified atom stereocenters. The maximum absolute atomic E-state index is 10.4. The van der Waals surface area contributed by atoms with Gasteiger partial charge in [-0.3, -0.25) is 0 Å². The first-order valence-electron chi connectivity index (χ1n) is 6.62. The molecular formula is C18H14O. The lowest BCUT2D eigenvalue weighted by molar-refractivity contribution is 0.177. The maximum atomic E-state index is 10.4. The lowest BCUT2D eigenvalue weighted by Crippen LogP contribution is -2.10. The van der Waals surface area contributed by atoms with Gasteiger partial charge in [-0.2, -0.15) is 0 Å². The predicted molar refractivity (Wildman–Crippen MR) is 78.0 cm³/mol. The van der Waals surface area contributed by atoms with Gasteiger partial charge >= 0.3 is 0 Å². The molecule has 0 heterocycles. The second-order valence-electron chi connectivity index (χ2n) is 5.13. The third-order valence-electron chi connectivity index (χ3n) is 4.02. The minimum Gasteiger partial charge on any atom is -0.388 e. The quantitative estimate of drug-likeness (QED) is 0.633. The van der Waals surface area contributed by atoms with Crippen molar-refractivity contribution >= 4 is 10.8 Å². The van der Waals surface area contributed by atoms with Crippen molar-refractivity contribution in [1.29, 1.82) is 0 Å². The summed E-state index contributed by atoms with van der Waals surface area (Å²) in [5.74, 6) is 0. The maximum Gasteiger partial charge on any atom is 0.0836 e. The van der Waals surface area contributed by atoms with Gasteiger partial charge in [-0.1, -0.05) is 60.7 Å². The van der Waals surface area contributed by atoms with E-state index in [4.69, 9.17) is 0 Å². The Labute approximate surface area is 112 Å². The van der Waals surface area contributed by atoms with Crippen LogP contribution in [0.2, 0.25) is 0 Å². The molecule has 0 radical (unpaired) electrons. The molecule has 0 aliphatic heterocycles. The highest BCUT2D eigenvalue weighted by molar-refractivity contribution is 5.99. The topological polar surface area (TPSA) is 20.2 Å². The van der Waals surface area contributed by atoms with E-state index in [9.17, 15) is 5.11 Å². The summed E-state index contributed by atoms with van der Waals surface area (Å²) in [7, 11) is 0. The molecule has 0 fully saturated rings. The average Bonchev–Trinajstić information content (AvgIpc) is 2.47. The molecular weight excluding hydrogens is 232 g/mol. The van der Waals surface area contributed by atoms with Crippen LogP contribution in [0, 0.1) is 0 Å². The van der Waals surface area contributed by atoms with Crippen molar-refractivity contribution in [2.24, 2.45) is 0 Å². The Morgan fingerprint density at radius 2 is 1.63 bits per heavy atom. The van der Waals surface area contributed by atoms with Crippen LogP contribution in [0.3, 0.4) is 0 Å². The first-order chi connectivity index (χ1) is 9.34. The van der Waals surface area contributed by atoms with Gasteiger partial charge in [0, 0.05) is 6.42 Å². The zero-order valence-corrected chi connectivity index (χ0v) is 10.5. The van der Waals surface area contributed by atoms with Crippen molar-refractivity contribution in [3.8, 4) is 11.1 Å². The van der Waals surface area contributed by atoms with E-state index in [0.717, 1.165) is 5.56 Å². The molecule has 0 bridgehead atoms. The molecule has 1 N–H and O–H groups in total. The van der Waals surface area contributed by atoms with Crippen molar-refractivity contribution in [2.45, 2.75) is 12.5 Å². The zero-order valence-electron chi connectivity index (χ0n) is 10.5. The van der Waals surface area contributed by atoms with Crippen LogP contribution in [-0.4, -0.2) is 5.11 Å². The van der Waals surface area contributed by atoms with E-state index in [1.54, 1.807) is 0 Å². The van der Waals surface area contributed by atoms with Gasteiger partial charge in [0.1, 0.15) is 0 Å². The number of hydrogen-bond donors (Lipinski definition) is 1. The molecule has 3 aromatic carbocycles. The fourth-order valence-corrected chi connectivity index (χ4v) is 3.13. The molecule has 0 spiro atoms. The largest absolute Gasteiger partial charge is 0.388 e. The third kappa shape index (κ3) is 1.52. The third-order valence-corrected chi connectivity index (χ3v) is 4.02. The van der Waals surface area contributed by atoms with Gasteiger partial charge < -0.3 is 5.11 Å². The van der Waals surface area contributed by atoms with E-state index in [-0.39, 0.29) is 0 Å². The molecule has 1 heteroatoms. The van der Waals surface area contributed by atoms with Crippen LogP contribution in [0.1, 0.15) is 17.2 Å². The van der Waals surface area contributed by atoms with Crippen LogP contribution in [0.4, 0.5) is 0 Å². The summed E-state index contributed by atoms with van der Waals surface area (Å²) < 4.78 is 0. The van der Waals surface area contributed by atoms with Crippen LogP contribution >= 0.6 is 0 Å². The second kappa shape index (κ2) is 3.94. The minimum absolute atomic E-state index is 0.394. The normalized spacial score (nSPS) is 17.0. The number of fused-ring (bicyclic) bond motifs is 5. The van der Waals surface area contributed by atoms with Gasteiger partial charge in [-0.15, -0.1) is 0 Å². The summed E-state index contributed by atoms with van der Waals surface area (Å²) in [5.41, 5.74) is 4.75. The zero-order chi connectivity index (χ0) is 12.8. The molecule has 4 rings (SSSR count). The summed E-state index contributed by atoms with van der Waals surface area (Å²) in [6.45, 7) is 0. The smallest absolute Gasteiger partial charge is 0.0836 e. The first-order valence-corrected chi connectivity index (χ1v) is 6.62. The van der Waals surface area contributed by atoms with Crippen molar-refractivity contribution < 1.29 is 5.11 Å². The fraction of sp³-hybridized carbons (Fsp3) is 0.111. The van der Waals surface area contributed by atoms with E-state index in [1.807, 2.05) is 6.07 Å². The SMILES string of the molecule is OC1Cc2ccccc2-c2c1ccc1ccccc21. The first kappa shape index (κ1) is 10.8. The van der Waals surface area contributed by atoms with E-state index in [2.05, 4.69) is 54.6 Å². The highest BCUT2D eigenvalue weighted by Gasteiger charge is 2.23. The second-order valence-corrected chi connectivity index (χ2v) is 5.13. The minimum atomic E-state index is -0.394. The Hall–Kier alpha value is -2.12. The number of aliphatic hydroxyl groups is 1. The van der Waals surface area contributed by atoms with Crippen molar-refractivity contribution in [2.75, 3.05) is 0 Å². The van der Waals surface area contributed by atoms with Gasteiger partial charge in [0.15, 0.2) is 0 Å². The number of aliphatic hydroxyl groups excluding tert-OH is 1. The Balaban J connectivity index is 2.16. The molecule has 92 valence electrons. The molecule has 1 aliphatic carbocycles. The van der Waals surface area contributed by atoms with Gasteiger partial charge in [0.25, 0.3) is 0 Å². The Morgan fingerprint density at radius 1 is 0.842 bits per heavy atom. The summed E-state index contributed by atoms with van der Waals surface area (Å²) in [6, 6.07) is 20.9. The predicted octanol–water partition coefficient (Wildman–Crippen LogP) is 4.10. The molecule has 0 amide bonds. The molecule has 1 atom stereocenters. The van der Waals surface area contributed by atoms with Crippen LogP contribution in [0.15, 0.2) is 60.7 Å². The van der Waals surface area contributed by atoms with Gasteiger partial charge in [-0.05, 0) is 33.0 Å². The summed E-state index contributed by atoms with van der Waals surface area (Å²) in [4.78, 5) is 0. The molecule has 19 heavy (non-hydrogen) atoms. The van der Waals surface area contributed by atoms with Crippen LogP contribution in [0.5, 0.6) is 0 Å². The van der Waals surface area contributed by atoms with E-state index < -0.39 is 6.10 Å². The van der Waals surface area contributed by atoms with Crippen molar-refractivity contribution in [3.05, 3.63) is 71.8 Å². The highest BCUT2D eigenvalue weighted by Crippen LogP contribution is 2.42. The lowest BCUT2D eigenvalue weighted by atomic mass is 9.81. The molecule has 0 saturated heterocycles. The van der Waals surface area contributed by atoms with Crippen LogP contribution in [-0.2, 0) is 6.42 Å². The highest BCUT2D eigenvalue weighted by atomic mass is 16.3. The summed E-state index contributed by atoms with van der Waals surface area (Å²) in [5, 5.41) is 12.8. The van der Waals surface area contributed by atoms with Gasteiger partial charge in [0.05, 0.1) is 6.10 Å². The standard InChI is InChI=1S/C18H14O/c19-17-11-13-6-2-4-8-15(13)18-14-7-3-1-5-12(14)9-10-16(17)18/h1-10,17,19H,11H2. The molecule has 0 saturated carbocycles. The van der Waals surface area contributed by atoms with Crippen LogP contribution < -0.4 is 0 Å². The fourth-order valence-electron chi connectivity index (χ4n) is 3.13. The monoisotopic (exact) mass is 246 g/mol. The van der Waals surface area contributed by atoms with Gasteiger partial charge in [-0.25, -0.2) is 0 Å². The van der Waals surface area contributed by atoms with Gasteiger partial charge in [0.2, 0.25) is 0 Å². The average molecular weight is 246 g/mol.